The lowest BCUT2D eigenvalue weighted by atomic mass is 9.91. The molecule has 2 rings (SSSR count). The molecule has 0 saturated carbocycles. The standard InChI is InChI=1S/C12H18N2O3S/c13-12(10-15)6-8-14(9-7-12)18(16,17)11-4-2-1-3-5-11/h1-5,15H,6-10,13H2. The first kappa shape index (κ1) is 13.5. The van der Waals surface area contributed by atoms with Crippen molar-refractivity contribution in [2.45, 2.75) is 23.3 Å². The first-order chi connectivity index (χ1) is 8.48. The minimum Gasteiger partial charge on any atom is -0.394 e. The van der Waals surface area contributed by atoms with Crippen LogP contribution in [0.25, 0.3) is 0 Å². The minimum atomic E-state index is -3.42. The first-order valence-corrected chi connectivity index (χ1v) is 7.37. The van der Waals surface area contributed by atoms with Crippen LogP contribution >= 0.6 is 0 Å². The molecule has 0 aliphatic carbocycles. The molecule has 1 fully saturated rings. The van der Waals surface area contributed by atoms with Crippen molar-refractivity contribution in [1.29, 1.82) is 0 Å². The maximum atomic E-state index is 12.3. The van der Waals surface area contributed by atoms with E-state index in [0.29, 0.717) is 30.8 Å². The molecule has 1 heterocycles. The van der Waals surface area contributed by atoms with E-state index in [4.69, 9.17) is 10.8 Å². The Kier molecular flexibility index (Phi) is 3.72. The number of nitrogens with zero attached hydrogens (tertiary/aromatic N) is 1. The van der Waals surface area contributed by atoms with E-state index in [2.05, 4.69) is 0 Å². The van der Waals surface area contributed by atoms with Gasteiger partial charge >= 0.3 is 0 Å². The van der Waals surface area contributed by atoms with E-state index < -0.39 is 15.6 Å². The average molecular weight is 270 g/mol. The molecule has 0 atom stereocenters. The van der Waals surface area contributed by atoms with Gasteiger partial charge in [-0.05, 0) is 25.0 Å². The molecule has 0 spiro atoms. The lowest BCUT2D eigenvalue weighted by Crippen LogP contribution is -2.53. The van der Waals surface area contributed by atoms with E-state index in [1.54, 1.807) is 30.3 Å². The van der Waals surface area contributed by atoms with Gasteiger partial charge in [0.1, 0.15) is 0 Å². The number of rotatable bonds is 3. The van der Waals surface area contributed by atoms with Crippen LogP contribution in [0.3, 0.4) is 0 Å². The highest BCUT2D eigenvalue weighted by molar-refractivity contribution is 7.89. The van der Waals surface area contributed by atoms with Gasteiger partial charge in [-0.25, -0.2) is 8.42 Å². The number of hydrogen-bond acceptors (Lipinski definition) is 4. The SMILES string of the molecule is NC1(CO)CCN(S(=O)(=O)c2ccccc2)CC1. The summed E-state index contributed by atoms with van der Waals surface area (Å²) in [6.45, 7) is 0.606. The molecule has 0 unspecified atom stereocenters. The van der Waals surface area contributed by atoms with Crippen LogP contribution in [0, 0.1) is 0 Å². The fourth-order valence-electron chi connectivity index (χ4n) is 2.07. The normalized spacial score (nSPS) is 20.8. The number of sulfonamides is 1. The summed E-state index contributed by atoms with van der Waals surface area (Å²) in [4.78, 5) is 0.304. The van der Waals surface area contributed by atoms with Crippen LogP contribution in [0.5, 0.6) is 0 Å². The minimum absolute atomic E-state index is 0.105. The monoisotopic (exact) mass is 270 g/mol. The fourth-order valence-corrected chi connectivity index (χ4v) is 3.53. The summed E-state index contributed by atoms with van der Waals surface area (Å²) >= 11 is 0. The molecule has 1 aliphatic rings. The van der Waals surface area contributed by atoms with E-state index in [1.807, 2.05) is 0 Å². The Balaban J connectivity index is 2.15. The molecule has 0 aromatic heterocycles. The number of aliphatic hydroxyl groups excluding tert-OH is 1. The van der Waals surface area contributed by atoms with Crippen molar-refractivity contribution in [3.8, 4) is 0 Å². The molecule has 18 heavy (non-hydrogen) atoms. The number of hydrogen-bond donors (Lipinski definition) is 2. The van der Waals surface area contributed by atoms with Crippen LogP contribution in [0.4, 0.5) is 0 Å². The van der Waals surface area contributed by atoms with E-state index in [0.717, 1.165) is 0 Å². The smallest absolute Gasteiger partial charge is 0.243 e. The largest absolute Gasteiger partial charge is 0.394 e. The molecule has 1 aromatic rings. The Bertz CT molecular complexity index is 493. The molecule has 0 bridgehead atoms. The van der Waals surface area contributed by atoms with Gasteiger partial charge in [0.2, 0.25) is 10.0 Å². The highest BCUT2D eigenvalue weighted by Gasteiger charge is 2.35. The highest BCUT2D eigenvalue weighted by atomic mass is 32.2. The predicted octanol–water partition coefficient (Wildman–Crippen LogP) is 0.161. The van der Waals surface area contributed by atoms with Gasteiger partial charge in [0.05, 0.1) is 11.5 Å². The van der Waals surface area contributed by atoms with Crippen molar-refractivity contribution in [2.24, 2.45) is 5.73 Å². The molecule has 1 aliphatic heterocycles. The van der Waals surface area contributed by atoms with Gasteiger partial charge in [0.15, 0.2) is 0 Å². The summed E-state index contributed by atoms with van der Waals surface area (Å²) < 4.78 is 26.1. The van der Waals surface area contributed by atoms with E-state index in [9.17, 15) is 8.42 Å². The second-order valence-corrected chi connectivity index (χ2v) is 6.68. The van der Waals surface area contributed by atoms with Crippen LogP contribution in [0.15, 0.2) is 35.2 Å². The lowest BCUT2D eigenvalue weighted by Gasteiger charge is -2.37. The van der Waals surface area contributed by atoms with E-state index >= 15 is 0 Å². The Labute approximate surface area is 107 Å². The number of piperidine rings is 1. The summed E-state index contributed by atoms with van der Waals surface area (Å²) in [5.74, 6) is 0. The molecular formula is C12H18N2O3S. The van der Waals surface area contributed by atoms with Gasteiger partial charge in [-0.1, -0.05) is 18.2 Å². The van der Waals surface area contributed by atoms with Crippen LogP contribution in [0.1, 0.15) is 12.8 Å². The van der Waals surface area contributed by atoms with Crippen molar-refractivity contribution < 1.29 is 13.5 Å². The quantitative estimate of drug-likeness (QED) is 0.819. The second-order valence-electron chi connectivity index (χ2n) is 4.74. The Morgan fingerprint density at radius 2 is 1.78 bits per heavy atom. The Hall–Kier alpha value is -0.950. The van der Waals surface area contributed by atoms with Gasteiger partial charge in [-0.2, -0.15) is 4.31 Å². The Morgan fingerprint density at radius 1 is 1.22 bits per heavy atom. The third-order valence-corrected chi connectivity index (χ3v) is 5.33. The molecule has 6 heteroatoms. The van der Waals surface area contributed by atoms with Gasteiger partial charge in [-0.3, -0.25) is 0 Å². The summed E-state index contributed by atoms with van der Waals surface area (Å²) in [7, 11) is -3.42. The number of benzene rings is 1. The van der Waals surface area contributed by atoms with Crippen molar-refractivity contribution in [2.75, 3.05) is 19.7 Å². The van der Waals surface area contributed by atoms with Crippen LogP contribution < -0.4 is 5.73 Å². The molecule has 5 nitrogen and oxygen atoms in total. The zero-order valence-corrected chi connectivity index (χ0v) is 10.9. The topological polar surface area (TPSA) is 83.6 Å². The Morgan fingerprint density at radius 3 is 2.28 bits per heavy atom. The number of nitrogens with two attached hydrogens (primary N) is 1. The van der Waals surface area contributed by atoms with Crippen LogP contribution in [-0.4, -0.2) is 43.1 Å². The summed E-state index contributed by atoms with van der Waals surface area (Å²) in [6.07, 6.45) is 0.963. The third kappa shape index (κ3) is 2.56. The molecular weight excluding hydrogens is 252 g/mol. The van der Waals surface area contributed by atoms with E-state index in [1.165, 1.54) is 4.31 Å². The van der Waals surface area contributed by atoms with Gasteiger partial charge in [0, 0.05) is 18.6 Å². The van der Waals surface area contributed by atoms with Crippen molar-refractivity contribution in [1.82, 2.24) is 4.31 Å². The summed E-state index contributed by atoms with van der Waals surface area (Å²) in [6, 6.07) is 8.37. The van der Waals surface area contributed by atoms with Crippen molar-refractivity contribution in [3.63, 3.8) is 0 Å². The molecule has 100 valence electrons. The highest BCUT2D eigenvalue weighted by Crippen LogP contribution is 2.24. The van der Waals surface area contributed by atoms with Crippen LogP contribution in [-0.2, 0) is 10.0 Å². The lowest BCUT2D eigenvalue weighted by molar-refractivity contribution is 0.139. The van der Waals surface area contributed by atoms with Gasteiger partial charge < -0.3 is 10.8 Å². The zero-order valence-electron chi connectivity index (χ0n) is 10.1. The molecule has 0 radical (unpaired) electrons. The maximum Gasteiger partial charge on any atom is 0.243 e. The fraction of sp³-hybridized carbons (Fsp3) is 0.500. The second kappa shape index (κ2) is 4.97. The zero-order chi connectivity index (χ0) is 13.2. The predicted molar refractivity (Wildman–Crippen MR) is 68.4 cm³/mol. The molecule has 1 saturated heterocycles. The van der Waals surface area contributed by atoms with Gasteiger partial charge in [-0.15, -0.1) is 0 Å². The van der Waals surface area contributed by atoms with Crippen LogP contribution in [0.2, 0.25) is 0 Å². The molecule has 1 aromatic carbocycles. The van der Waals surface area contributed by atoms with E-state index in [-0.39, 0.29) is 6.61 Å². The summed E-state index contributed by atoms with van der Waals surface area (Å²) in [5.41, 5.74) is 5.29. The first-order valence-electron chi connectivity index (χ1n) is 5.93. The number of aliphatic hydroxyl groups is 1. The average Bonchev–Trinajstić information content (AvgIpc) is 2.40. The van der Waals surface area contributed by atoms with Gasteiger partial charge in [0.25, 0.3) is 0 Å². The summed E-state index contributed by atoms with van der Waals surface area (Å²) in [5, 5.41) is 9.16. The molecule has 3 N–H and O–H groups in total. The van der Waals surface area contributed by atoms with Crippen molar-refractivity contribution >= 4 is 10.0 Å². The third-order valence-electron chi connectivity index (χ3n) is 3.41. The molecule has 0 amide bonds. The van der Waals surface area contributed by atoms with Crippen molar-refractivity contribution in [3.05, 3.63) is 30.3 Å². The maximum absolute atomic E-state index is 12.3.